The zero-order chi connectivity index (χ0) is 16.2. The highest BCUT2D eigenvalue weighted by atomic mass is 16.5. The largest absolute Gasteiger partial charge is 0.494 e. The molecular formula is C17H22N2O3. The maximum Gasteiger partial charge on any atom is 0.350 e. The van der Waals surface area contributed by atoms with Gasteiger partial charge in [0.2, 0.25) is 0 Å². The minimum atomic E-state index is -0.668. The number of hydrogen-bond donors (Lipinski definition) is 1. The molecule has 1 N–H and O–H groups in total. The Morgan fingerprint density at radius 2 is 2.18 bits per heavy atom. The maximum atomic E-state index is 11.3. The van der Waals surface area contributed by atoms with Gasteiger partial charge in [0.1, 0.15) is 11.8 Å². The van der Waals surface area contributed by atoms with E-state index >= 15 is 0 Å². The Hall–Kier alpha value is -2.48. The molecule has 0 unspecified atom stereocenters. The minimum absolute atomic E-state index is 0.0895. The highest BCUT2D eigenvalue weighted by molar-refractivity contribution is 5.93. The number of benzene rings is 1. The molecule has 0 amide bonds. The van der Waals surface area contributed by atoms with Crippen LogP contribution in [-0.4, -0.2) is 19.7 Å². The molecule has 1 aromatic carbocycles. The topological polar surface area (TPSA) is 71.3 Å². The fraction of sp³-hybridized carbons (Fsp3) is 0.412. The lowest BCUT2D eigenvalue weighted by Gasteiger charge is -2.08. The van der Waals surface area contributed by atoms with E-state index in [1.807, 2.05) is 24.3 Å². The lowest BCUT2D eigenvalue weighted by atomic mass is 10.2. The van der Waals surface area contributed by atoms with Crippen LogP contribution < -0.4 is 10.1 Å². The van der Waals surface area contributed by atoms with E-state index in [4.69, 9.17) is 10.00 Å². The minimum Gasteiger partial charge on any atom is -0.494 e. The molecule has 0 aliphatic carbocycles. The molecule has 5 nitrogen and oxygen atoms in total. The van der Waals surface area contributed by atoms with Gasteiger partial charge in [-0.25, -0.2) is 4.79 Å². The first kappa shape index (κ1) is 17.6. The predicted octanol–water partition coefficient (Wildman–Crippen LogP) is 3.64. The summed E-state index contributed by atoms with van der Waals surface area (Å²) in [7, 11) is 1.24. The summed E-state index contributed by atoms with van der Waals surface area (Å²) in [6, 6.07) is 9.16. The van der Waals surface area contributed by atoms with E-state index in [1.165, 1.54) is 32.6 Å². The summed E-state index contributed by atoms with van der Waals surface area (Å²) >= 11 is 0. The van der Waals surface area contributed by atoms with E-state index in [2.05, 4.69) is 17.0 Å². The van der Waals surface area contributed by atoms with E-state index in [0.717, 1.165) is 17.9 Å². The normalized spacial score (nSPS) is 10.7. The molecule has 0 aliphatic rings. The number of nitriles is 1. The molecule has 0 atom stereocenters. The van der Waals surface area contributed by atoms with Crippen LogP contribution in [0.25, 0.3) is 0 Å². The van der Waals surface area contributed by atoms with Gasteiger partial charge in [0.05, 0.1) is 13.7 Å². The molecule has 0 aliphatic heterocycles. The van der Waals surface area contributed by atoms with E-state index in [-0.39, 0.29) is 5.57 Å². The van der Waals surface area contributed by atoms with Gasteiger partial charge in [-0.3, -0.25) is 0 Å². The van der Waals surface area contributed by atoms with E-state index < -0.39 is 5.97 Å². The van der Waals surface area contributed by atoms with Gasteiger partial charge in [-0.2, -0.15) is 5.26 Å². The standard InChI is InChI=1S/C17H22N2O3/c1-3-4-5-6-10-22-16-9-7-8-15(11-16)19-13-14(12-18)17(20)21-2/h7-9,11,13,19H,3-6,10H2,1-2H3/b14-13+. The average molecular weight is 302 g/mol. The first-order chi connectivity index (χ1) is 10.7. The summed E-state index contributed by atoms with van der Waals surface area (Å²) in [6.07, 6.45) is 5.95. The molecule has 0 bridgehead atoms. The SMILES string of the molecule is CCCCCCOc1cccc(N/C=C(\C#N)C(=O)OC)c1. The van der Waals surface area contributed by atoms with Crippen LogP contribution >= 0.6 is 0 Å². The van der Waals surface area contributed by atoms with Crippen molar-refractivity contribution in [2.75, 3.05) is 19.0 Å². The number of carbonyl (C=O) groups is 1. The molecule has 0 saturated heterocycles. The highest BCUT2D eigenvalue weighted by Gasteiger charge is 2.07. The Morgan fingerprint density at radius 1 is 1.36 bits per heavy atom. The number of unbranched alkanes of at least 4 members (excludes halogenated alkanes) is 3. The number of carbonyl (C=O) groups excluding carboxylic acids is 1. The summed E-state index contributed by atoms with van der Waals surface area (Å²) in [5, 5.41) is 11.8. The Bertz CT molecular complexity index is 547. The first-order valence-corrected chi connectivity index (χ1v) is 7.39. The maximum absolute atomic E-state index is 11.3. The van der Waals surface area contributed by atoms with Crippen molar-refractivity contribution in [1.82, 2.24) is 0 Å². The van der Waals surface area contributed by atoms with Gasteiger partial charge >= 0.3 is 5.97 Å². The summed E-state index contributed by atoms with van der Waals surface area (Å²) in [6.45, 7) is 2.86. The third kappa shape index (κ3) is 6.31. The molecule has 118 valence electrons. The summed E-state index contributed by atoms with van der Waals surface area (Å²) in [5.74, 6) is 0.0878. The van der Waals surface area contributed by atoms with Crippen LogP contribution in [0.15, 0.2) is 36.0 Å². The number of nitrogens with zero attached hydrogens (tertiary/aromatic N) is 1. The average Bonchev–Trinajstić information content (AvgIpc) is 2.55. The smallest absolute Gasteiger partial charge is 0.350 e. The molecule has 0 saturated carbocycles. The predicted molar refractivity (Wildman–Crippen MR) is 85.4 cm³/mol. The Kier molecular flexibility index (Phi) is 8.21. The lowest BCUT2D eigenvalue weighted by molar-refractivity contribution is -0.135. The third-order valence-electron chi connectivity index (χ3n) is 3.01. The van der Waals surface area contributed by atoms with Gasteiger partial charge in [0.15, 0.2) is 5.57 Å². The van der Waals surface area contributed by atoms with Crippen LogP contribution in [0.5, 0.6) is 5.75 Å². The van der Waals surface area contributed by atoms with Crippen molar-refractivity contribution in [3.8, 4) is 11.8 Å². The lowest BCUT2D eigenvalue weighted by Crippen LogP contribution is -2.05. The summed E-state index contributed by atoms with van der Waals surface area (Å²) in [5.41, 5.74) is 0.649. The summed E-state index contributed by atoms with van der Waals surface area (Å²) in [4.78, 5) is 11.3. The molecule has 5 heteroatoms. The van der Waals surface area contributed by atoms with Crippen molar-refractivity contribution in [3.63, 3.8) is 0 Å². The Morgan fingerprint density at radius 3 is 2.86 bits per heavy atom. The fourth-order valence-electron chi connectivity index (χ4n) is 1.80. The van der Waals surface area contributed by atoms with Crippen molar-refractivity contribution in [3.05, 3.63) is 36.0 Å². The molecule has 0 spiro atoms. The number of methoxy groups -OCH3 is 1. The second-order valence-corrected chi connectivity index (χ2v) is 4.74. The zero-order valence-electron chi connectivity index (χ0n) is 13.1. The zero-order valence-corrected chi connectivity index (χ0v) is 13.1. The van der Waals surface area contributed by atoms with Gasteiger partial charge in [-0.05, 0) is 18.6 Å². The molecule has 0 fully saturated rings. The van der Waals surface area contributed by atoms with Crippen molar-refractivity contribution in [2.24, 2.45) is 0 Å². The Labute approximate surface area is 131 Å². The monoisotopic (exact) mass is 302 g/mol. The van der Waals surface area contributed by atoms with Gasteiger partial charge < -0.3 is 14.8 Å². The highest BCUT2D eigenvalue weighted by Crippen LogP contribution is 2.18. The molecule has 1 aromatic rings. The molecule has 1 rings (SSSR count). The number of nitrogens with one attached hydrogen (secondary N) is 1. The molecule has 22 heavy (non-hydrogen) atoms. The van der Waals surface area contributed by atoms with Crippen molar-refractivity contribution in [2.45, 2.75) is 32.6 Å². The van der Waals surface area contributed by atoms with Gasteiger partial charge in [0, 0.05) is 18.0 Å². The Balaban J connectivity index is 2.55. The third-order valence-corrected chi connectivity index (χ3v) is 3.01. The van der Waals surface area contributed by atoms with E-state index in [9.17, 15) is 4.79 Å². The van der Waals surface area contributed by atoms with Crippen molar-refractivity contribution >= 4 is 11.7 Å². The van der Waals surface area contributed by atoms with Crippen LogP contribution in [0.4, 0.5) is 5.69 Å². The molecule has 0 heterocycles. The fourth-order valence-corrected chi connectivity index (χ4v) is 1.80. The van der Waals surface area contributed by atoms with Crippen LogP contribution in [0.2, 0.25) is 0 Å². The van der Waals surface area contributed by atoms with Gasteiger partial charge in [0.25, 0.3) is 0 Å². The second-order valence-electron chi connectivity index (χ2n) is 4.74. The van der Waals surface area contributed by atoms with Gasteiger partial charge in [-0.15, -0.1) is 0 Å². The number of hydrogen-bond acceptors (Lipinski definition) is 5. The first-order valence-electron chi connectivity index (χ1n) is 7.39. The summed E-state index contributed by atoms with van der Waals surface area (Å²) < 4.78 is 10.2. The van der Waals surface area contributed by atoms with Gasteiger partial charge in [-0.1, -0.05) is 32.3 Å². The van der Waals surface area contributed by atoms with Crippen LogP contribution in [0.1, 0.15) is 32.6 Å². The number of esters is 1. The van der Waals surface area contributed by atoms with Crippen molar-refractivity contribution < 1.29 is 14.3 Å². The van der Waals surface area contributed by atoms with Crippen LogP contribution in [0.3, 0.4) is 0 Å². The molecule has 0 radical (unpaired) electrons. The number of ether oxygens (including phenoxy) is 2. The molecule has 0 aromatic heterocycles. The number of anilines is 1. The van der Waals surface area contributed by atoms with E-state index in [1.54, 1.807) is 6.07 Å². The second kappa shape index (κ2) is 10.3. The van der Waals surface area contributed by atoms with E-state index in [0.29, 0.717) is 6.61 Å². The quantitative estimate of drug-likeness (QED) is 0.326. The van der Waals surface area contributed by atoms with Crippen LogP contribution in [-0.2, 0) is 9.53 Å². The molecular weight excluding hydrogens is 280 g/mol. The number of rotatable bonds is 9. The van der Waals surface area contributed by atoms with Crippen molar-refractivity contribution in [1.29, 1.82) is 5.26 Å². The van der Waals surface area contributed by atoms with Crippen LogP contribution in [0, 0.1) is 11.3 Å².